The summed E-state index contributed by atoms with van der Waals surface area (Å²) in [4.78, 5) is 12.3. The van der Waals surface area contributed by atoms with Crippen LogP contribution >= 0.6 is 12.6 Å². The van der Waals surface area contributed by atoms with E-state index in [0.29, 0.717) is 18.8 Å². The highest BCUT2D eigenvalue weighted by Crippen LogP contribution is 2.15. The minimum absolute atomic E-state index is 0.00404. The van der Waals surface area contributed by atoms with Crippen molar-refractivity contribution in [1.29, 1.82) is 0 Å². The fraction of sp³-hybridized carbons (Fsp3) is 0.208. The van der Waals surface area contributed by atoms with Gasteiger partial charge in [0.25, 0.3) is 0 Å². The van der Waals surface area contributed by atoms with Crippen LogP contribution in [0.3, 0.4) is 0 Å². The van der Waals surface area contributed by atoms with Crippen LogP contribution in [0.4, 0.5) is 0 Å². The lowest BCUT2D eigenvalue weighted by molar-refractivity contribution is -0.121. The molecule has 0 aromatic heterocycles. The van der Waals surface area contributed by atoms with E-state index in [1.807, 2.05) is 84.9 Å². The van der Waals surface area contributed by atoms with Gasteiger partial charge in [0.1, 0.15) is 12.4 Å². The van der Waals surface area contributed by atoms with Crippen LogP contribution in [0.2, 0.25) is 0 Å². The normalized spacial score (nSPS) is 11.6. The van der Waals surface area contributed by atoms with Crippen molar-refractivity contribution in [3.05, 3.63) is 102 Å². The molecule has 3 nitrogen and oxygen atoms in total. The van der Waals surface area contributed by atoms with Crippen LogP contribution in [-0.4, -0.2) is 17.7 Å². The molecular weight excluding hydrogens is 366 g/mol. The second kappa shape index (κ2) is 10.6. The Morgan fingerprint density at radius 3 is 2.04 bits per heavy atom. The minimum atomic E-state index is -0.00404. The molecule has 3 aromatic carbocycles. The van der Waals surface area contributed by atoms with Gasteiger partial charge >= 0.3 is 0 Å². The van der Waals surface area contributed by atoms with E-state index in [-0.39, 0.29) is 11.9 Å². The highest BCUT2D eigenvalue weighted by atomic mass is 32.1. The summed E-state index contributed by atoms with van der Waals surface area (Å²) in [6.45, 7) is 0.551. The summed E-state index contributed by atoms with van der Waals surface area (Å²) >= 11 is 4.40. The van der Waals surface area contributed by atoms with Gasteiger partial charge < -0.3 is 10.1 Å². The topological polar surface area (TPSA) is 38.3 Å². The Labute approximate surface area is 172 Å². The number of carbonyl (C=O) groups is 1. The fourth-order valence-corrected chi connectivity index (χ4v) is 3.19. The number of hydrogen-bond donors (Lipinski definition) is 2. The Bertz CT molecular complexity index is 851. The molecule has 0 fully saturated rings. The van der Waals surface area contributed by atoms with Gasteiger partial charge in [-0.3, -0.25) is 4.79 Å². The van der Waals surface area contributed by atoms with Crippen LogP contribution in [-0.2, 0) is 24.2 Å². The molecule has 28 heavy (non-hydrogen) atoms. The maximum Gasteiger partial charge on any atom is 0.224 e. The third kappa shape index (κ3) is 6.46. The van der Waals surface area contributed by atoms with Crippen molar-refractivity contribution in [2.24, 2.45) is 0 Å². The Morgan fingerprint density at radius 2 is 1.43 bits per heavy atom. The summed E-state index contributed by atoms with van der Waals surface area (Å²) in [5.74, 6) is 1.45. The molecule has 0 bridgehead atoms. The van der Waals surface area contributed by atoms with Gasteiger partial charge in [-0.15, -0.1) is 0 Å². The van der Waals surface area contributed by atoms with Gasteiger partial charge in [0.05, 0.1) is 6.42 Å². The van der Waals surface area contributed by atoms with Crippen LogP contribution in [0.15, 0.2) is 84.9 Å². The van der Waals surface area contributed by atoms with Gasteiger partial charge in [-0.1, -0.05) is 72.8 Å². The van der Waals surface area contributed by atoms with E-state index < -0.39 is 0 Å². The zero-order valence-corrected chi connectivity index (χ0v) is 16.6. The molecule has 0 spiro atoms. The van der Waals surface area contributed by atoms with E-state index in [1.54, 1.807) is 0 Å². The van der Waals surface area contributed by atoms with E-state index in [0.717, 1.165) is 28.9 Å². The number of nitrogens with one attached hydrogen (secondary N) is 1. The molecule has 4 heteroatoms. The molecule has 3 aromatic rings. The first-order valence-corrected chi connectivity index (χ1v) is 10.1. The minimum Gasteiger partial charge on any atom is -0.489 e. The molecule has 1 amide bonds. The Balaban J connectivity index is 1.49. The Morgan fingerprint density at radius 1 is 0.821 bits per heavy atom. The first-order chi connectivity index (χ1) is 13.7. The lowest BCUT2D eigenvalue weighted by Crippen LogP contribution is -2.38. The summed E-state index contributed by atoms with van der Waals surface area (Å²) in [5, 5.41) is 3.08. The van der Waals surface area contributed by atoms with Gasteiger partial charge in [0, 0.05) is 11.8 Å². The van der Waals surface area contributed by atoms with E-state index in [1.165, 1.54) is 0 Å². The Hall–Kier alpha value is -2.72. The second-order valence-corrected chi connectivity index (χ2v) is 7.10. The highest BCUT2D eigenvalue weighted by Gasteiger charge is 2.12. The molecule has 0 aliphatic heterocycles. The lowest BCUT2D eigenvalue weighted by atomic mass is 10.1. The highest BCUT2D eigenvalue weighted by molar-refractivity contribution is 7.80. The zero-order valence-electron chi connectivity index (χ0n) is 15.8. The van der Waals surface area contributed by atoms with Crippen molar-refractivity contribution in [2.45, 2.75) is 25.5 Å². The number of benzene rings is 3. The van der Waals surface area contributed by atoms with Crippen molar-refractivity contribution in [3.8, 4) is 5.75 Å². The zero-order chi connectivity index (χ0) is 19.6. The predicted octanol–water partition coefficient (Wildman–Crippen LogP) is 4.47. The summed E-state index contributed by atoms with van der Waals surface area (Å²) < 4.78 is 5.82. The number of rotatable bonds is 9. The smallest absolute Gasteiger partial charge is 0.224 e. The first-order valence-electron chi connectivity index (χ1n) is 9.43. The molecule has 0 aliphatic carbocycles. The number of amides is 1. The summed E-state index contributed by atoms with van der Waals surface area (Å²) in [5.41, 5.74) is 3.30. The molecule has 0 saturated heterocycles. The van der Waals surface area contributed by atoms with Crippen molar-refractivity contribution in [1.82, 2.24) is 5.32 Å². The largest absolute Gasteiger partial charge is 0.489 e. The monoisotopic (exact) mass is 391 g/mol. The predicted molar refractivity (Wildman–Crippen MR) is 117 cm³/mol. The maximum absolute atomic E-state index is 12.3. The number of carbonyl (C=O) groups excluding carboxylic acids is 1. The van der Waals surface area contributed by atoms with Crippen molar-refractivity contribution < 1.29 is 9.53 Å². The van der Waals surface area contributed by atoms with Crippen LogP contribution < -0.4 is 10.1 Å². The van der Waals surface area contributed by atoms with Crippen molar-refractivity contribution in [2.75, 3.05) is 5.75 Å². The molecule has 1 N–H and O–H groups in total. The first kappa shape index (κ1) is 20.0. The number of ether oxygens (including phenoxy) is 1. The third-order valence-electron chi connectivity index (χ3n) is 4.45. The van der Waals surface area contributed by atoms with Gasteiger partial charge in [-0.25, -0.2) is 0 Å². The van der Waals surface area contributed by atoms with Crippen molar-refractivity contribution in [3.63, 3.8) is 0 Å². The van der Waals surface area contributed by atoms with Crippen LogP contribution in [0.1, 0.15) is 16.7 Å². The van der Waals surface area contributed by atoms with Crippen LogP contribution in [0, 0.1) is 0 Å². The second-order valence-electron chi connectivity index (χ2n) is 6.73. The fourth-order valence-electron chi connectivity index (χ4n) is 2.97. The van der Waals surface area contributed by atoms with E-state index in [9.17, 15) is 4.79 Å². The summed E-state index contributed by atoms with van der Waals surface area (Å²) in [6.07, 6.45) is 1.13. The lowest BCUT2D eigenvalue weighted by Gasteiger charge is -2.17. The maximum atomic E-state index is 12.3. The number of thiol groups is 1. The van der Waals surface area contributed by atoms with Crippen LogP contribution in [0.5, 0.6) is 5.75 Å². The van der Waals surface area contributed by atoms with E-state index in [4.69, 9.17) is 4.74 Å². The molecule has 1 atom stereocenters. The van der Waals surface area contributed by atoms with Crippen LogP contribution in [0.25, 0.3) is 0 Å². The SMILES string of the molecule is O=C(Cc1ccccc1)N[C@@H](CS)Cc1ccc(OCc2ccccc2)cc1. The quantitative estimate of drug-likeness (QED) is 0.529. The average molecular weight is 392 g/mol. The van der Waals surface area contributed by atoms with Gasteiger partial charge in [0.2, 0.25) is 5.91 Å². The third-order valence-corrected chi connectivity index (χ3v) is 4.89. The van der Waals surface area contributed by atoms with Gasteiger partial charge in [-0.2, -0.15) is 12.6 Å². The van der Waals surface area contributed by atoms with Crippen molar-refractivity contribution >= 4 is 18.5 Å². The number of hydrogen-bond acceptors (Lipinski definition) is 3. The average Bonchev–Trinajstić information content (AvgIpc) is 2.74. The molecule has 0 unspecified atom stereocenters. The van der Waals surface area contributed by atoms with Gasteiger partial charge in [-0.05, 0) is 35.2 Å². The molecule has 3 rings (SSSR count). The Kier molecular flexibility index (Phi) is 7.56. The molecule has 0 heterocycles. The summed E-state index contributed by atoms with van der Waals surface area (Å²) in [6, 6.07) is 27.9. The van der Waals surface area contributed by atoms with E-state index >= 15 is 0 Å². The molecule has 144 valence electrons. The summed E-state index contributed by atoms with van der Waals surface area (Å²) in [7, 11) is 0. The van der Waals surface area contributed by atoms with E-state index in [2.05, 4.69) is 17.9 Å². The molecule has 0 aliphatic rings. The molecular formula is C24H25NO2S. The molecule has 0 saturated carbocycles. The van der Waals surface area contributed by atoms with Gasteiger partial charge in [0.15, 0.2) is 0 Å². The standard InChI is InChI=1S/C24H25NO2S/c26-24(16-19-7-3-1-4-8-19)25-22(18-28)15-20-11-13-23(14-12-20)27-17-21-9-5-2-6-10-21/h1-14,22,28H,15-18H2,(H,25,26)/t22-/m1/s1. The molecule has 0 radical (unpaired) electrons.